The van der Waals surface area contributed by atoms with Gasteiger partial charge < -0.3 is 5.73 Å². The number of nitrogens with two attached hydrogens (primary N) is 1. The molecule has 2 nitrogen and oxygen atoms in total. The number of halogens is 1. The van der Waals surface area contributed by atoms with Gasteiger partial charge in [-0.15, -0.1) is 0 Å². The Bertz CT molecular complexity index is 325. The smallest absolute Gasteiger partial charge is 0.0906 e. The van der Waals surface area contributed by atoms with Crippen LogP contribution < -0.4 is 5.73 Å². The Morgan fingerprint density at radius 3 is 2.86 bits per heavy atom. The van der Waals surface area contributed by atoms with E-state index in [1.54, 1.807) is 0 Å². The average Bonchev–Trinajstić information content (AvgIpc) is 2.56. The lowest BCUT2D eigenvalue weighted by Gasteiger charge is -2.12. The molecule has 0 aliphatic carbocycles. The second-order valence-corrected chi connectivity index (χ2v) is 3.78. The zero-order chi connectivity index (χ0) is 9.97. The van der Waals surface area contributed by atoms with E-state index in [-0.39, 0.29) is 6.67 Å². The van der Waals surface area contributed by atoms with Crippen LogP contribution in [0.15, 0.2) is 18.2 Å². The third kappa shape index (κ3) is 1.87. The SMILES string of the molecule is Nc1ccc2c(c1)CN(CCCF)C2. The number of anilines is 1. The summed E-state index contributed by atoms with van der Waals surface area (Å²) in [7, 11) is 0. The van der Waals surface area contributed by atoms with Gasteiger partial charge in [-0.25, -0.2) is 0 Å². The predicted molar refractivity (Wildman–Crippen MR) is 55.6 cm³/mol. The highest BCUT2D eigenvalue weighted by atomic mass is 19.1. The topological polar surface area (TPSA) is 29.3 Å². The minimum atomic E-state index is -0.227. The molecule has 1 aromatic carbocycles. The molecular weight excluding hydrogens is 179 g/mol. The molecule has 0 radical (unpaired) electrons. The molecule has 2 N–H and O–H groups in total. The van der Waals surface area contributed by atoms with Crippen molar-refractivity contribution in [2.24, 2.45) is 0 Å². The zero-order valence-electron chi connectivity index (χ0n) is 8.17. The minimum Gasteiger partial charge on any atom is -0.399 e. The Labute approximate surface area is 83.5 Å². The summed E-state index contributed by atoms with van der Waals surface area (Å²) >= 11 is 0. The first-order valence-electron chi connectivity index (χ1n) is 4.95. The van der Waals surface area contributed by atoms with E-state index in [0.29, 0.717) is 6.42 Å². The Morgan fingerprint density at radius 1 is 1.29 bits per heavy atom. The number of fused-ring (bicyclic) bond motifs is 1. The van der Waals surface area contributed by atoms with Gasteiger partial charge in [0.2, 0.25) is 0 Å². The van der Waals surface area contributed by atoms with Crippen LogP contribution in [0.1, 0.15) is 17.5 Å². The third-order valence-electron chi connectivity index (χ3n) is 2.63. The molecule has 0 fully saturated rings. The molecule has 0 saturated heterocycles. The Kier molecular flexibility index (Phi) is 2.68. The normalized spacial score (nSPS) is 15.8. The second kappa shape index (κ2) is 3.96. The number of benzene rings is 1. The summed E-state index contributed by atoms with van der Waals surface area (Å²) in [6.45, 7) is 2.47. The van der Waals surface area contributed by atoms with Crippen LogP contribution in [-0.2, 0) is 13.1 Å². The van der Waals surface area contributed by atoms with Crippen LogP contribution in [0, 0.1) is 0 Å². The molecule has 1 aliphatic heterocycles. The van der Waals surface area contributed by atoms with Crippen molar-refractivity contribution in [3.05, 3.63) is 29.3 Å². The summed E-state index contributed by atoms with van der Waals surface area (Å²) in [5.41, 5.74) is 9.14. The Morgan fingerprint density at radius 2 is 2.07 bits per heavy atom. The third-order valence-corrected chi connectivity index (χ3v) is 2.63. The van der Waals surface area contributed by atoms with E-state index in [2.05, 4.69) is 11.0 Å². The molecule has 0 bridgehead atoms. The van der Waals surface area contributed by atoms with Gasteiger partial charge in [0.1, 0.15) is 0 Å². The van der Waals surface area contributed by atoms with Gasteiger partial charge in [0.25, 0.3) is 0 Å². The molecule has 0 atom stereocenters. The molecule has 3 heteroatoms. The summed E-state index contributed by atoms with van der Waals surface area (Å²) in [5.74, 6) is 0. The van der Waals surface area contributed by atoms with E-state index >= 15 is 0 Å². The van der Waals surface area contributed by atoms with Gasteiger partial charge in [-0.3, -0.25) is 9.29 Å². The molecule has 76 valence electrons. The standard InChI is InChI=1S/C11H15FN2/c12-4-1-5-14-7-9-2-3-11(13)6-10(9)8-14/h2-3,6H,1,4-5,7-8,13H2. The van der Waals surface area contributed by atoms with Crippen LogP contribution in [0.25, 0.3) is 0 Å². The number of hydrogen-bond donors (Lipinski definition) is 1. The predicted octanol–water partition coefficient (Wildman–Crippen LogP) is 1.94. The van der Waals surface area contributed by atoms with Crippen molar-refractivity contribution >= 4 is 5.69 Å². The zero-order valence-corrected chi connectivity index (χ0v) is 8.17. The highest BCUT2D eigenvalue weighted by Crippen LogP contribution is 2.24. The molecule has 2 rings (SSSR count). The van der Waals surface area contributed by atoms with Gasteiger partial charge in [-0.2, -0.15) is 0 Å². The van der Waals surface area contributed by atoms with Crippen LogP contribution in [0.4, 0.5) is 10.1 Å². The van der Waals surface area contributed by atoms with Crippen molar-refractivity contribution in [1.82, 2.24) is 4.90 Å². The van der Waals surface area contributed by atoms with Crippen molar-refractivity contribution in [3.8, 4) is 0 Å². The van der Waals surface area contributed by atoms with E-state index < -0.39 is 0 Å². The van der Waals surface area contributed by atoms with Crippen LogP contribution in [0.5, 0.6) is 0 Å². The largest absolute Gasteiger partial charge is 0.399 e. The van der Waals surface area contributed by atoms with Crippen LogP contribution >= 0.6 is 0 Å². The fourth-order valence-electron chi connectivity index (χ4n) is 1.93. The van der Waals surface area contributed by atoms with Crippen molar-refractivity contribution in [2.45, 2.75) is 19.5 Å². The number of rotatable bonds is 3. The maximum atomic E-state index is 12.0. The molecular formula is C11H15FN2. The molecule has 1 aliphatic rings. The molecule has 0 saturated carbocycles. The molecule has 0 unspecified atom stereocenters. The number of hydrogen-bond acceptors (Lipinski definition) is 2. The quantitative estimate of drug-likeness (QED) is 0.745. The highest BCUT2D eigenvalue weighted by molar-refractivity contribution is 5.46. The van der Waals surface area contributed by atoms with Crippen LogP contribution in [0.2, 0.25) is 0 Å². The van der Waals surface area contributed by atoms with Gasteiger partial charge >= 0.3 is 0 Å². The lowest BCUT2D eigenvalue weighted by atomic mass is 10.1. The summed E-state index contributed by atoms with van der Waals surface area (Å²) < 4.78 is 12.0. The van der Waals surface area contributed by atoms with Crippen molar-refractivity contribution in [3.63, 3.8) is 0 Å². The second-order valence-electron chi connectivity index (χ2n) is 3.78. The molecule has 14 heavy (non-hydrogen) atoms. The molecule has 1 heterocycles. The summed E-state index contributed by atoms with van der Waals surface area (Å²) in [4.78, 5) is 2.25. The monoisotopic (exact) mass is 194 g/mol. The van der Waals surface area contributed by atoms with Crippen molar-refractivity contribution < 1.29 is 4.39 Å². The fourth-order valence-corrected chi connectivity index (χ4v) is 1.93. The summed E-state index contributed by atoms with van der Waals surface area (Å²) in [6, 6.07) is 6.02. The van der Waals surface area contributed by atoms with Gasteiger partial charge in [0.15, 0.2) is 0 Å². The first-order chi connectivity index (χ1) is 6.79. The first kappa shape index (κ1) is 9.46. The van der Waals surface area contributed by atoms with Crippen molar-refractivity contribution in [1.29, 1.82) is 0 Å². The maximum Gasteiger partial charge on any atom is 0.0906 e. The first-order valence-corrected chi connectivity index (χ1v) is 4.95. The number of nitrogens with zero attached hydrogens (tertiary/aromatic N) is 1. The maximum absolute atomic E-state index is 12.0. The molecule has 0 spiro atoms. The van der Waals surface area contributed by atoms with E-state index in [4.69, 9.17) is 5.73 Å². The van der Waals surface area contributed by atoms with Crippen LogP contribution in [0.3, 0.4) is 0 Å². The molecule has 0 aromatic heterocycles. The van der Waals surface area contributed by atoms with Gasteiger partial charge in [-0.1, -0.05) is 6.07 Å². The summed E-state index contributed by atoms with van der Waals surface area (Å²) in [5, 5.41) is 0. The Hall–Kier alpha value is -1.09. The molecule has 1 aromatic rings. The van der Waals surface area contributed by atoms with Gasteiger partial charge in [0.05, 0.1) is 6.67 Å². The lowest BCUT2D eigenvalue weighted by Crippen LogP contribution is -2.17. The number of alkyl halides is 1. The van der Waals surface area contributed by atoms with Crippen molar-refractivity contribution in [2.75, 3.05) is 19.0 Å². The van der Waals surface area contributed by atoms with E-state index in [1.807, 2.05) is 12.1 Å². The van der Waals surface area contributed by atoms with Gasteiger partial charge in [0, 0.05) is 25.3 Å². The number of nitrogen functional groups attached to an aromatic ring is 1. The van der Waals surface area contributed by atoms with E-state index in [0.717, 1.165) is 25.3 Å². The highest BCUT2D eigenvalue weighted by Gasteiger charge is 2.17. The minimum absolute atomic E-state index is 0.227. The van der Waals surface area contributed by atoms with Crippen LogP contribution in [-0.4, -0.2) is 18.1 Å². The van der Waals surface area contributed by atoms with E-state index in [1.165, 1.54) is 11.1 Å². The Balaban J connectivity index is 2.03. The van der Waals surface area contributed by atoms with Gasteiger partial charge in [-0.05, 0) is 29.7 Å². The lowest BCUT2D eigenvalue weighted by molar-refractivity contribution is 0.267. The average molecular weight is 194 g/mol. The fraction of sp³-hybridized carbons (Fsp3) is 0.455. The summed E-state index contributed by atoms with van der Waals surface area (Å²) in [6.07, 6.45) is 0.628. The van der Waals surface area contributed by atoms with E-state index in [9.17, 15) is 4.39 Å². The molecule has 0 amide bonds.